The molecule has 0 amide bonds. The van der Waals surface area contributed by atoms with Crippen LogP contribution in [-0.2, 0) is 5.16 Å². The first-order chi connectivity index (χ1) is 17.7. The maximum absolute atomic E-state index is 4.31. The zero-order valence-electron chi connectivity index (χ0n) is 21.1. The van der Waals surface area contributed by atoms with Gasteiger partial charge in [-0.2, -0.15) is 0 Å². The Morgan fingerprint density at radius 3 is 1.50 bits per heavy atom. The van der Waals surface area contributed by atoms with Crippen LogP contribution in [0, 0.1) is 0 Å². The van der Waals surface area contributed by atoms with Crippen molar-refractivity contribution in [2.45, 2.75) is 18.5 Å². The molecule has 5 aromatic rings. The molecule has 0 saturated carbocycles. The molecule has 5 rings (SSSR count). The first kappa shape index (κ1) is 25.2. The fourth-order valence-corrected chi connectivity index (χ4v) is 7.32. The van der Waals surface area contributed by atoms with Crippen molar-refractivity contribution in [2.75, 3.05) is 0 Å². The van der Waals surface area contributed by atoms with Gasteiger partial charge in [0.05, 0.1) is 20.3 Å². The fraction of sp³-hybridized carbons (Fsp3) is 0.0938. The van der Waals surface area contributed by atoms with Gasteiger partial charge in [0.2, 0.25) is 6.71 Å². The summed E-state index contributed by atoms with van der Waals surface area (Å²) in [6.07, 6.45) is 5.84. The van der Waals surface area contributed by atoms with Crippen LogP contribution in [0.2, 0.25) is 13.4 Å². The van der Waals surface area contributed by atoms with Gasteiger partial charge >= 0.3 is 0 Å². The number of rotatable bonds is 7. The number of aromatic nitrogens is 2. The molecule has 0 saturated heterocycles. The van der Waals surface area contributed by atoms with Gasteiger partial charge in [-0.25, -0.2) is 4.98 Å². The Morgan fingerprint density at radius 1 is 0.722 bits per heavy atom. The quantitative estimate of drug-likeness (QED) is 0.270. The molecule has 0 aliphatic heterocycles. The largest absolute Gasteiger partial charge is 0.326 e. The minimum atomic E-state index is -1.39. The lowest BCUT2D eigenvalue weighted by Gasteiger charge is -2.40. The standard InChI is InChI=1S/C19H20N2Si.C13H13B/c1-3-22(2)19(21-15-14-20-16-21,17-10-6-4-7-11-17)18-12-8-5-9-13-18;1-14(12-8-4-2-5-9-12)13-10-6-3-7-11-13/h3-16,22H,1H2,2H3;2-11H,1H3. The summed E-state index contributed by atoms with van der Waals surface area (Å²) in [7, 11) is -1.39. The maximum Gasteiger partial charge on any atom is 0.206 e. The first-order valence-corrected chi connectivity index (χ1v) is 14.9. The predicted octanol–water partition coefficient (Wildman–Crippen LogP) is 5.72. The average molecular weight is 485 g/mol. The van der Waals surface area contributed by atoms with Gasteiger partial charge in [-0.3, -0.25) is 0 Å². The zero-order chi connectivity index (χ0) is 25.2. The monoisotopic (exact) mass is 484 g/mol. The smallest absolute Gasteiger partial charge is 0.206 e. The first-order valence-electron chi connectivity index (χ1n) is 12.5. The van der Waals surface area contributed by atoms with Gasteiger partial charge in [0.25, 0.3) is 0 Å². The molecule has 4 aromatic carbocycles. The molecule has 0 radical (unpaired) electrons. The van der Waals surface area contributed by atoms with Crippen LogP contribution in [-0.4, -0.2) is 25.1 Å². The van der Waals surface area contributed by atoms with Gasteiger partial charge < -0.3 is 4.57 Å². The number of hydrogen-bond donors (Lipinski definition) is 0. The van der Waals surface area contributed by atoms with Crippen molar-refractivity contribution in [3.05, 3.63) is 163 Å². The van der Waals surface area contributed by atoms with Crippen molar-refractivity contribution < 1.29 is 0 Å². The van der Waals surface area contributed by atoms with E-state index in [4.69, 9.17) is 0 Å². The van der Waals surface area contributed by atoms with Crippen LogP contribution in [0.15, 0.2) is 152 Å². The molecule has 0 spiro atoms. The van der Waals surface area contributed by atoms with E-state index in [-0.39, 0.29) is 5.16 Å². The van der Waals surface area contributed by atoms with Crippen LogP contribution >= 0.6 is 0 Å². The molecule has 1 unspecified atom stereocenters. The lowest BCUT2D eigenvalue weighted by Crippen LogP contribution is -2.47. The Labute approximate surface area is 217 Å². The normalized spacial score (nSPS) is 11.6. The summed E-state index contributed by atoms with van der Waals surface area (Å²) in [6.45, 7) is 9.18. The van der Waals surface area contributed by atoms with Crippen molar-refractivity contribution in [1.82, 2.24) is 9.55 Å². The molecule has 1 aromatic heterocycles. The third-order valence-corrected chi connectivity index (χ3v) is 9.94. The van der Waals surface area contributed by atoms with E-state index in [9.17, 15) is 0 Å². The minimum Gasteiger partial charge on any atom is -0.326 e. The molecule has 178 valence electrons. The molecular weight excluding hydrogens is 451 g/mol. The van der Waals surface area contributed by atoms with Crippen LogP contribution < -0.4 is 10.9 Å². The molecule has 2 nitrogen and oxygen atoms in total. The number of hydrogen-bond acceptors (Lipinski definition) is 1. The predicted molar refractivity (Wildman–Crippen MR) is 158 cm³/mol. The highest BCUT2D eigenvalue weighted by Gasteiger charge is 2.40. The summed E-state index contributed by atoms with van der Waals surface area (Å²) in [4.78, 5) is 4.31. The Balaban J connectivity index is 0.000000187. The summed E-state index contributed by atoms with van der Waals surface area (Å²) in [5.41, 5.74) is 7.48. The van der Waals surface area contributed by atoms with Gasteiger partial charge in [-0.05, 0) is 11.1 Å². The van der Waals surface area contributed by atoms with Crippen molar-refractivity contribution in [3.8, 4) is 0 Å². The summed E-state index contributed by atoms with van der Waals surface area (Å²) >= 11 is 0. The van der Waals surface area contributed by atoms with Crippen LogP contribution in [0.3, 0.4) is 0 Å². The van der Waals surface area contributed by atoms with Crippen LogP contribution in [0.5, 0.6) is 0 Å². The van der Waals surface area contributed by atoms with E-state index >= 15 is 0 Å². The summed E-state index contributed by atoms with van der Waals surface area (Å²) in [5.74, 6) is 0. The molecule has 1 atom stereocenters. The molecule has 0 fully saturated rings. The zero-order valence-corrected chi connectivity index (χ0v) is 22.3. The Morgan fingerprint density at radius 2 is 1.14 bits per heavy atom. The van der Waals surface area contributed by atoms with E-state index in [1.807, 2.05) is 12.5 Å². The maximum atomic E-state index is 4.31. The second-order valence-electron chi connectivity index (χ2n) is 9.04. The van der Waals surface area contributed by atoms with E-state index in [1.54, 1.807) is 0 Å². The van der Waals surface area contributed by atoms with Crippen molar-refractivity contribution in [2.24, 2.45) is 0 Å². The van der Waals surface area contributed by atoms with Gasteiger partial charge in [-0.15, -0.1) is 12.3 Å². The third kappa shape index (κ3) is 5.34. The number of benzene rings is 4. The van der Waals surface area contributed by atoms with Crippen LogP contribution in [0.4, 0.5) is 0 Å². The number of imidazole rings is 1. The van der Waals surface area contributed by atoms with Gasteiger partial charge in [0, 0.05) is 12.4 Å². The Hall–Kier alpha value is -3.89. The number of nitrogens with zero attached hydrogens (tertiary/aromatic N) is 2. The second kappa shape index (κ2) is 12.2. The molecular formula is C32H33BN2Si. The Kier molecular flexibility index (Phi) is 8.53. The summed E-state index contributed by atoms with van der Waals surface area (Å²) in [5, 5.41) is -0.208. The van der Waals surface area contributed by atoms with Gasteiger partial charge in [0.15, 0.2) is 0 Å². The highest BCUT2D eigenvalue weighted by Crippen LogP contribution is 2.37. The van der Waals surface area contributed by atoms with Crippen LogP contribution in [0.25, 0.3) is 0 Å². The topological polar surface area (TPSA) is 17.8 Å². The average Bonchev–Trinajstić information content (AvgIpc) is 3.51. The minimum absolute atomic E-state index is 0.208. The van der Waals surface area contributed by atoms with Crippen molar-refractivity contribution in [3.63, 3.8) is 0 Å². The molecule has 1 heterocycles. The highest BCUT2D eigenvalue weighted by molar-refractivity contribution is 6.84. The van der Waals surface area contributed by atoms with Crippen molar-refractivity contribution >= 4 is 26.4 Å². The SMILES string of the molecule is C=C[SiH](C)C(c1ccccc1)(c1ccccc1)n1ccnc1.CB(c1ccccc1)c1ccccc1. The molecule has 0 bridgehead atoms. The summed E-state index contributed by atoms with van der Waals surface area (Å²) in [6, 6.07) is 42.6. The third-order valence-electron chi connectivity index (χ3n) is 6.95. The van der Waals surface area contributed by atoms with E-state index in [0.717, 1.165) is 0 Å². The molecule has 0 aliphatic rings. The van der Waals surface area contributed by atoms with E-state index < -0.39 is 8.80 Å². The van der Waals surface area contributed by atoms with Crippen LogP contribution in [0.1, 0.15) is 11.1 Å². The Bertz CT molecular complexity index is 1230. The second-order valence-corrected chi connectivity index (χ2v) is 11.9. The van der Waals surface area contributed by atoms with Gasteiger partial charge in [-0.1, -0.05) is 146 Å². The molecule has 0 N–H and O–H groups in total. The lowest BCUT2D eigenvalue weighted by atomic mass is 9.43. The fourth-order valence-electron chi connectivity index (χ4n) is 4.92. The summed E-state index contributed by atoms with van der Waals surface area (Å²) < 4.78 is 2.25. The van der Waals surface area contributed by atoms with E-state index in [2.05, 4.69) is 163 Å². The molecule has 4 heteroatoms. The highest BCUT2D eigenvalue weighted by atomic mass is 28.3. The van der Waals surface area contributed by atoms with E-state index in [1.165, 1.54) is 22.1 Å². The molecule has 0 aliphatic carbocycles. The van der Waals surface area contributed by atoms with E-state index in [0.29, 0.717) is 6.71 Å². The molecule has 36 heavy (non-hydrogen) atoms. The lowest BCUT2D eigenvalue weighted by molar-refractivity contribution is 0.587. The van der Waals surface area contributed by atoms with Crippen molar-refractivity contribution in [1.29, 1.82) is 0 Å². The van der Waals surface area contributed by atoms with Gasteiger partial charge in [0.1, 0.15) is 0 Å².